The van der Waals surface area contributed by atoms with Gasteiger partial charge in [-0.2, -0.15) is 5.10 Å². The number of likely N-dealkylation sites (tertiary alicyclic amines) is 1. The van der Waals surface area contributed by atoms with Gasteiger partial charge in [0.05, 0.1) is 32.5 Å². The van der Waals surface area contributed by atoms with Crippen LogP contribution in [0.25, 0.3) is 0 Å². The fraction of sp³-hybridized carbons (Fsp3) is 0.355. The second kappa shape index (κ2) is 11.6. The Morgan fingerprint density at radius 2 is 1.59 bits per heavy atom. The van der Waals surface area contributed by atoms with Crippen molar-refractivity contribution < 1.29 is 14.3 Å². The number of hydrazone groups is 1. The van der Waals surface area contributed by atoms with Gasteiger partial charge in [0.2, 0.25) is 0 Å². The maximum atomic E-state index is 13.6. The number of carbonyl (C=O) groups excluding carboxylic acids is 1. The maximum Gasteiger partial charge on any atom is 0.257 e. The zero-order chi connectivity index (χ0) is 25.6. The van der Waals surface area contributed by atoms with Crippen molar-refractivity contribution >= 4 is 11.6 Å². The number of ether oxygens (including phenoxy) is 2. The van der Waals surface area contributed by atoms with Crippen LogP contribution in [0.15, 0.2) is 84.0 Å². The Hall–Kier alpha value is -3.64. The lowest BCUT2D eigenvalue weighted by atomic mass is 9.90. The number of para-hydroxylation sites is 1. The van der Waals surface area contributed by atoms with Gasteiger partial charge in [0.15, 0.2) is 0 Å². The summed E-state index contributed by atoms with van der Waals surface area (Å²) < 4.78 is 10.9. The molecule has 1 atom stereocenters. The topological polar surface area (TPSA) is 54.4 Å². The van der Waals surface area contributed by atoms with Crippen molar-refractivity contribution in [3.63, 3.8) is 0 Å². The minimum absolute atomic E-state index is 0.0345. The van der Waals surface area contributed by atoms with Crippen LogP contribution in [-0.4, -0.2) is 55.4 Å². The summed E-state index contributed by atoms with van der Waals surface area (Å²) in [5.41, 5.74) is 4.24. The average Bonchev–Trinajstić information content (AvgIpc) is 3.40. The number of methoxy groups -OCH3 is 2. The molecule has 0 N–H and O–H groups in total. The normalized spacial score (nSPS) is 18.5. The zero-order valence-electron chi connectivity index (χ0n) is 21.7. The van der Waals surface area contributed by atoms with Gasteiger partial charge in [0, 0.05) is 12.0 Å². The lowest BCUT2D eigenvalue weighted by Crippen LogP contribution is -2.42. The molecule has 3 aromatic carbocycles. The largest absolute Gasteiger partial charge is 0.497 e. The van der Waals surface area contributed by atoms with E-state index in [2.05, 4.69) is 35.2 Å². The second-order valence-corrected chi connectivity index (χ2v) is 9.89. The SMILES string of the molecule is COc1ccc(C2CC(c3ccccc3OC)=NN2C(=O)CN2CCC(Cc3ccccc3)CC2)cc1. The van der Waals surface area contributed by atoms with Crippen molar-refractivity contribution in [1.82, 2.24) is 9.91 Å². The Bertz CT molecular complexity index is 1220. The molecule has 0 saturated carbocycles. The first kappa shape index (κ1) is 25.0. The first-order valence-corrected chi connectivity index (χ1v) is 13.1. The number of carbonyl (C=O) groups is 1. The molecule has 1 unspecified atom stereocenters. The molecule has 2 aliphatic heterocycles. The molecule has 2 aliphatic rings. The van der Waals surface area contributed by atoms with Crippen molar-refractivity contribution in [1.29, 1.82) is 0 Å². The number of piperidine rings is 1. The lowest BCUT2D eigenvalue weighted by molar-refractivity contribution is -0.134. The van der Waals surface area contributed by atoms with Gasteiger partial charge in [-0.25, -0.2) is 5.01 Å². The van der Waals surface area contributed by atoms with E-state index in [9.17, 15) is 4.79 Å². The maximum absolute atomic E-state index is 13.6. The highest BCUT2D eigenvalue weighted by Gasteiger charge is 2.35. The zero-order valence-corrected chi connectivity index (χ0v) is 21.7. The highest BCUT2D eigenvalue weighted by Crippen LogP contribution is 2.36. The van der Waals surface area contributed by atoms with Gasteiger partial charge in [0.1, 0.15) is 11.5 Å². The molecule has 192 valence electrons. The Labute approximate surface area is 219 Å². The minimum Gasteiger partial charge on any atom is -0.497 e. The van der Waals surface area contributed by atoms with Crippen LogP contribution in [0.3, 0.4) is 0 Å². The van der Waals surface area contributed by atoms with Gasteiger partial charge in [-0.05, 0) is 73.7 Å². The van der Waals surface area contributed by atoms with Gasteiger partial charge < -0.3 is 9.47 Å². The highest BCUT2D eigenvalue weighted by atomic mass is 16.5. The van der Waals surface area contributed by atoms with Crippen LogP contribution >= 0.6 is 0 Å². The molecule has 2 heterocycles. The number of benzene rings is 3. The van der Waals surface area contributed by atoms with Crippen molar-refractivity contribution in [3.8, 4) is 11.5 Å². The first-order valence-electron chi connectivity index (χ1n) is 13.1. The molecule has 0 aliphatic carbocycles. The van der Waals surface area contributed by atoms with Gasteiger partial charge in [-0.3, -0.25) is 9.69 Å². The van der Waals surface area contributed by atoms with Crippen LogP contribution in [0.2, 0.25) is 0 Å². The fourth-order valence-corrected chi connectivity index (χ4v) is 5.43. The second-order valence-electron chi connectivity index (χ2n) is 9.89. The van der Waals surface area contributed by atoms with Crippen molar-refractivity contribution in [2.75, 3.05) is 33.9 Å². The van der Waals surface area contributed by atoms with Gasteiger partial charge in [-0.15, -0.1) is 0 Å². The van der Waals surface area contributed by atoms with E-state index in [0.717, 1.165) is 60.7 Å². The Morgan fingerprint density at radius 3 is 2.30 bits per heavy atom. The molecule has 1 fully saturated rings. The molecule has 37 heavy (non-hydrogen) atoms. The third-order valence-electron chi connectivity index (χ3n) is 7.52. The van der Waals surface area contributed by atoms with Crippen LogP contribution in [0, 0.1) is 5.92 Å². The molecule has 0 aromatic heterocycles. The van der Waals surface area contributed by atoms with Crippen LogP contribution in [0.5, 0.6) is 11.5 Å². The van der Waals surface area contributed by atoms with E-state index in [4.69, 9.17) is 14.6 Å². The number of nitrogens with zero attached hydrogens (tertiary/aromatic N) is 3. The molecule has 6 nitrogen and oxygen atoms in total. The third kappa shape index (κ3) is 5.86. The van der Waals surface area contributed by atoms with Crippen molar-refractivity contribution in [3.05, 3.63) is 95.6 Å². The quantitative estimate of drug-likeness (QED) is 0.422. The summed E-state index contributed by atoms with van der Waals surface area (Å²) in [7, 11) is 3.33. The summed E-state index contributed by atoms with van der Waals surface area (Å²) in [6.07, 6.45) is 3.97. The smallest absolute Gasteiger partial charge is 0.257 e. The van der Waals surface area contributed by atoms with E-state index in [1.54, 1.807) is 19.2 Å². The van der Waals surface area contributed by atoms with Gasteiger partial charge in [-0.1, -0.05) is 54.6 Å². The lowest BCUT2D eigenvalue weighted by Gasteiger charge is -2.33. The molecule has 1 amide bonds. The van der Waals surface area contributed by atoms with E-state index in [0.29, 0.717) is 18.9 Å². The summed E-state index contributed by atoms with van der Waals surface area (Å²) in [4.78, 5) is 15.9. The van der Waals surface area contributed by atoms with Crippen LogP contribution in [-0.2, 0) is 11.2 Å². The van der Waals surface area contributed by atoms with E-state index >= 15 is 0 Å². The summed E-state index contributed by atoms with van der Waals surface area (Å²) in [5, 5.41) is 6.56. The minimum atomic E-state index is -0.158. The molecular weight excluding hydrogens is 462 g/mol. The molecular formula is C31H35N3O3. The number of hydrogen-bond donors (Lipinski definition) is 0. The standard InChI is InChI=1S/C31H35N3O3/c1-36-26-14-12-25(13-15-26)29-21-28(27-10-6-7-11-30(27)37-2)32-34(29)31(35)22-33-18-16-24(17-19-33)20-23-8-4-3-5-9-23/h3-15,24,29H,16-22H2,1-2H3. The summed E-state index contributed by atoms with van der Waals surface area (Å²) in [6.45, 7) is 2.26. The van der Waals surface area contributed by atoms with E-state index < -0.39 is 0 Å². The molecule has 0 radical (unpaired) electrons. The van der Waals surface area contributed by atoms with E-state index in [-0.39, 0.29) is 11.9 Å². The van der Waals surface area contributed by atoms with Crippen molar-refractivity contribution in [2.24, 2.45) is 11.0 Å². The molecule has 5 rings (SSSR count). The predicted molar refractivity (Wildman–Crippen MR) is 146 cm³/mol. The Kier molecular flexibility index (Phi) is 7.85. The van der Waals surface area contributed by atoms with E-state index in [1.807, 2.05) is 48.5 Å². The molecule has 0 bridgehead atoms. The van der Waals surface area contributed by atoms with Crippen LogP contribution in [0.4, 0.5) is 0 Å². The molecule has 0 spiro atoms. The summed E-state index contributed by atoms with van der Waals surface area (Å²) in [5.74, 6) is 2.27. The van der Waals surface area contributed by atoms with Gasteiger partial charge in [0.25, 0.3) is 5.91 Å². The average molecular weight is 498 g/mol. The Balaban J connectivity index is 1.29. The summed E-state index contributed by atoms with van der Waals surface area (Å²) >= 11 is 0. The summed E-state index contributed by atoms with van der Waals surface area (Å²) in [6, 6.07) is 26.3. The van der Waals surface area contributed by atoms with Crippen molar-refractivity contribution in [2.45, 2.75) is 31.7 Å². The number of hydrogen-bond acceptors (Lipinski definition) is 5. The first-order chi connectivity index (χ1) is 18.1. The third-order valence-corrected chi connectivity index (χ3v) is 7.52. The van der Waals surface area contributed by atoms with Crippen LogP contribution < -0.4 is 9.47 Å². The highest BCUT2D eigenvalue weighted by molar-refractivity contribution is 6.05. The van der Waals surface area contributed by atoms with Gasteiger partial charge >= 0.3 is 0 Å². The fourth-order valence-electron chi connectivity index (χ4n) is 5.43. The van der Waals surface area contributed by atoms with E-state index in [1.165, 1.54) is 5.56 Å². The molecule has 3 aromatic rings. The molecule has 1 saturated heterocycles. The number of rotatable bonds is 8. The monoisotopic (exact) mass is 497 g/mol. The number of amides is 1. The predicted octanol–water partition coefficient (Wildman–Crippen LogP) is 5.34. The molecule has 6 heteroatoms. The Morgan fingerprint density at radius 1 is 0.892 bits per heavy atom. The van der Waals surface area contributed by atoms with Crippen LogP contribution in [0.1, 0.15) is 42.0 Å².